The summed E-state index contributed by atoms with van der Waals surface area (Å²) >= 11 is 0. The van der Waals surface area contributed by atoms with E-state index in [1.54, 1.807) is 54.5 Å². The number of aromatic nitrogens is 1. The minimum Gasteiger partial charge on any atom is -0.367 e. The molecule has 6 heterocycles. The Morgan fingerprint density at radius 1 is 1.03 bits per heavy atom. The van der Waals surface area contributed by atoms with Gasteiger partial charge in [0, 0.05) is 25.9 Å². The molecule has 4 fully saturated rings. The normalized spacial score (nSPS) is 31.1. The second-order valence-corrected chi connectivity index (χ2v) is 13.6. The van der Waals surface area contributed by atoms with E-state index in [-0.39, 0.29) is 23.1 Å². The van der Waals surface area contributed by atoms with Crippen LogP contribution in [0.25, 0.3) is 0 Å². The van der Waals surface area contributed by atoms with Crippen LogP contribution < -0.4 is 4.31 Å². The van der Waals surface area contributed by atoms with Crippen molar-refractivity contribution in [1.82, 2.24) is 14.8 Å². The fourth-order valence-electron chi connectivity index (χ4n) is 6.14. The lowest BCUT2D eigenvalue weighted by Crippen LogP contribution is -2.72. The van der Waals surface area contributed by atoms with Gasteiger partial charge in [-0.15, -0.1) is 0 Å². The van der Waals surface area contributed by atoms with Crippen molar-refractivity contribution >= 4 is 49.1 Å². The third-order valence-electron chi connectivity index (χ3n) is 7.58. The van der Waals surface area contributed by atoms with Crippen molar-refractivity contribution in [1.29, 1.82) is 0 Å². The number of piperazine rings is 1. The summed E-state index contributed by atoms with van der Waals surface area (Å²) in [5, 5.41) is -0.693. The zero-order chi connectivity index (χ0) is 24.2. The van der Waals surface area contributed by atoms with Crippen molar-refractivity contribution in [2.45, 2.75) is 33.1 Å². The summed E-state index contributed by atoms with van der Waals surface area (Å²) in [6.07, 6.45) is 3.00. The van der Waals surface area contributed by atoms with Crippen LogP contribution in [-0.4, -0.2) is 58.5 Å². The topological polar surface area (TPSA) is 93.8 Å². The summed E-state index contributed by atoms with van der Waals surface area (Å²) in [5.74, 6) is -0.399. The predicted octanol–water partition coefficient (Wildman–Crippen LogP) is 2.96. The molecule has 2 bridgehead atoms. The van der Waals surface area contributed by atoms with Gasteiger partial charge in [0.25, 0.3) is 21.8 Å². The molecule has 0 radical (unpaired) electrons. The molecule has 4 saturated heterocycles. The van der Waals surface area contributed by atoms with Crippen LogP contribution in [0.15, 0.2) is 78.0 Å². The molecule has 0 unspecified atom stereocenters. The van der Waals surface area contributed by atoms with Crippen molar-refractivity contribution < 1.29 is 18.0 Å². The van der Waals surface area contributed by atoms with E-state index in [1.807, 2.05) is 30.5 Å². The fraction of sp³-hybridized carbons (Fsp3) is 0.250. The number of amides is 2. The zero-order valence-corrected chi connectivity index (χ0v) is 20.9. The minimum atomic E-state index is -4.07. The molecule has 178 valence electrons. The molecule has 4 atom stereocenters. The third-order valence-corrected chi connectivity index (χ3v) is 12.6. The molecule has 1 aromatic heterocycles. The van der Waals surface area contributed by atoms with E-state index >= 15 is 0 Å². The lowest BCUT2D eigenvalue weighted by Gasteiger charge is -2.53. The van der Waals surface area contributed by atoms with Gasteiger partial charge in [-0.05, 0) is 35.4 Å². The monoisotopic (exact) mass is 524 g/mol. The Morgan fingerprint density at radius 2 is 1.77 bits per heavy atom. The molecule has 1 spiro atoms. The Balaban J connectivity index is 1.56. The number of carbonyl (C=O) groups excluding carboxylic acids is 2. The second kappa shape index (κ2) is 6.86. The van der Waals surface area contributed by atoms with Gasteiger partial charge >= 0.3 is 0 Å². The van der Waals surface area contributed by atoms with Crippen molar-refractivity contribution in [2.75, 3.05) is 11.4 Å². The third kappa shape index (κ3) is 2.39. The van der Waals surface area contributed by atoms with Gasteiger partial charge < -0.3 is 9.88 Å². The van der Waals surface area contributed by atoms with E-state index in [4.69, 9.17) is 0 Å². The Hall–Kier alpha value is -2.89. The number of sulfonamides is 1. The smallest absolute Gasteiger partial charge is 0.266 e. The summed E-state index contributed by atoms with van der Waals surface area (Å²) < 4.78 is 29.9. The fourth-order valence-corrected chi connectivity index (χ4v) is 11.3. The maximum absolute atomic E-state index is 14.3. The van der Waals surface area contributed by atoms with E-state index < -0.39 is 31.8 Å². The molecule has 8 rings (SSSR count). The number of aromatic amines is 1. The van der Waals surface area contributed by atoms with E-state index in [0.717, 1.165) is 11.1 Å². The number of carbonyl (C=O) groups is 2. The standard InChI is InChI=1S/C24H20N4O4S3/c1-26-20-19(29)27-21-23(15-11-12-25-13-15,14-24(27,22(26)30)34-33-20)17-9-5-6-10-18(17)28(21)35(31,32)16-7-3-2-4-8-16/h2-13,20-21,25H,14H2,1H3/t20-,21-,23-,24-/m0/s1. The SMILES string of the molecule is CN1C(=O)[C@@]23C[C@]4(c5cc[nH]c5)c5ccccc5N(S(=O)(=O)c5ccccc5)[C@@H]4N2C(=O)[C@@H]1SS3. The molecule has 3 aromatic rings. The van der Waals surface area contributed by atoms with Gasteiger partial charge in [-0.25, -0.2) is 12.7 Å². The number of H-pyrrole nitrogens is 1. The Labute approximate surface area is 210 Å². The van der Waals surface area contributed by atoms with Crippen LogP contribution in [0.5, 0.6) is 0 Å². The summed E-state index contributed by atoms with van der Waals surface area (Å²) in [6, 6.07) is 17.6. The zero-order valence-electron chi connectivity index (χ0n) is 18.5. The molecule has 0 aliphatic carbocycles. The number of hydrogen-bond donors (Lipinski definition) is 1. The predicted molar refractivity (Wildman–Crippen MR) is 134 cm³/mol. The van der Waals surface area contributed by atoms with Gasteiger partial charge in [0.15, 0.2) is 10.2 Å². The number of nitrogens with zero attached hydrogens (tertiary/aromatic N) is 3. The van der Waals surface area contributed by atoms with Crippen LogP contribution in [0.2, 0.25) is 0 Å². The van der Waals surface area contributed by atoms with E-state index in [9.17, 15) is 18.0 Å². The maximum Gasteiger partial charge on any atom is 0.266 e. The second-order valence-electron chi connectivity index (χ2n) is 9.19. The quantitative estimate of drug-likeness (QED) is 0.530. The number of nitrogens with one attached hydrogen (secondary N) is 1. The summed E-state index contributed by atoms with van der Waals surface area (Å²) in [7, 11) is 0.338. The first-order valence-electron chi connectivity index (χ1n) is 11.1. The van der Waals surface area contributed by atoms with E-state index in [1.165, 1.54) is 30.8 Å². The van der Waals surface area contributed by atoms with Gasteiger partial charge in [0.05, 0.1) is 16.0 Å². The Kier molecular flexibility index (Phi) is 4.20. The number of anilines is 1. The van der Waals surface area contributed by atoms with Gasteiger partial charge in [0.2, 0.25) is 0 Å². The van der Waals surface area contributed by atoms with Crippen LogP contribution in [0, 0.1) is 0 Å². The molecule has 8 nitrogen and oxygen atoms in total. The van der Waals surface area contributed by atoms with Crippen LogP contribution >= 0.6 is 21.6 Å². The average Bonchev–Trinajstić information content (AvgIpc) is 3.56. The van der Waals surface area contributed by atoms with Crippen molar-refractivity contribution in [3.05, 3.63) is 84.2 Å². The Morgan fingerprint density at radius 3 is 2.51 bits per heavy atom. The molecule has 11 heteroatoms. The molecular formula is C24H20N4O4S3. The van der Waals surface area contributed by atoms with Gasteiger partial charge in [-0.1, -0.05) is 58.0 Å². The molecule has 35 heavy (non-hydrogen) atoms. The highest BCUT2D eigenvalue weighted by molar-refractivity contribution is 8.78. The van der Waals surface area contributed by atoms with Crippen molar-refractivity contribution in [3.8, 4) is 0 Å². The molecule has 0 saturated carbocycles. The molecule has 5 aliphatic heterocycles. The first-order chi connectivity index (χ1) is 16.8. The number of likely N-dealkylation sites (N-methyl/N-ethyl adjacent to an activating group) is 1. The van der Waals surface area contributed by atoms with Gasteiger partial charge in [0.1, 0.15) is 6.17 Å². The Bertz CT molecular complexity index is 1500. The number of fused-ring (bicyclic) bond motifs is 5. The summed E-state index contributed by atoms with van der Waals surface area (Å²) in [4.78, 5) is 32.8. The van der Waals surface area contributed by atoms with E-state index in [2.05, 4.69) is 4.98 Å². The lowest BCUT2D eigenvalue weighted by atomic mass is 9.73. The molecular weight excluding hydrogens is 504 g/mol. The molecule has 2 amide bonds. The number of rotatable bonds is 3. The lowest BCUT2D eigenvalue weighted by molar-refractivity contribution is -0.158. The largest absolute Gasteiger partial charge is 0.367 e. The van der Waals surface area contributed by atoms with Gasteiger partial charge in [-0.2, -0.15) is 0 Å². The van der Waals surface area contributed by atoms with Crippen molar-refractivity contribution in [2.24, 2.45) is 0 Å². The van der Waals surface area contributed by atoms with Crippen LogP contribution in [0.3, 0.4) is 0 Å². The minimum absolute atomic E-state index is 0.140. The molecule has 1 N–H and O–H groups in total. The first-order valence-corrected chi connectivity index (χ1v) is 14.8. The maximum atomic E-state index is 14.3. The first kappa shape index (κ1) is 21.4. The van der Waals surface area contributed by atoms with Gasteiger partial charge in [-0.3, -0.25) is 14.5 Å². The summed E-state index contributed by atoms with van der Waals surface area (Å²) in [5.41, 5.74) is 1.26. The number of benzene rings is 2. The average molecular weight is 525 g/mol. The van der Waals surface area contributed by atoms with Crippen LogP contribution in [0.4, 0.5) is 5.69 Å². The highest BCUT2D eigenvalue weighted by Gasteiger charge is 2.77. The number of hydrogen-bond acceptors (Lipinski definition) is 6. The van der Waals surface area contributed by atoms with E-state index in [0.29, 0.717) is 5.69 Å². The molecule has 2 aromatic carbocycles. The highest BCUT2D eigenvalue weighted by Crippen LogP contribution is 2.69. The van der Waals surface area contributed by atoms with Crippen LogP contribution in [0.1, 0.15) is 17.5 Å². The number of para-hydroxylation sites is 1. The molecule has 5 aliphatic rings. The van der Waals surface area contributed by atoms with Crippen LogP contribution in [-0.2, 0) is 25.0 Å². The summed E-state index contributed by atoms with van der Waals surface area (Å²) in [6.45, 7) is 0. The highest BCUT2D eigenvalue weighted by atomic mass is 33.1. The van der Waals surface area contributed by atoms with Crippen molar-refractivity contribution in [3.63, 3.8) is 0 Å².